The molecule has 4 nitrogen and oxygen atoms in total. The van der Waals surface area contributed by atoms with E-state index in [2.05, 4.69) is 23.6 Å². The van der Waals surface area contributed by atoms with Crippen molar-refractivity contribution in [2.24, 2.45) is 4.99 Å². The molecular formula is C22H26FN3O. The quantitative estimate of drug-likeness (QED) is 0.346. The zero-order valence-corrected chi connectivity index (χ0v) is 16.2. The number of aromatic nitrogens is 1. The van der Waals surface area contributed by atoms with Gasteiger partial charge in [0.2, 0.25) is 5.88 Å². The standard InChI is InChI=1S/C22H26FN3O/c1-5-14-26(4)21(24-3)10-8-15-27-22-20(9-7-13-25-22)19-12-11-18(23)16-17(19)6-2/h7-13,15-16H,3,5-6,14H2,1-2,4H3/b15-8+,21-10+. The highest BCUT2D eigenvalue weighted by atomic mass is 19.1. The van der Waals surface area contributed by atoms with E-state index in [0.29, 0.717) is 5.88 Å². The van der Waals surface area contributed by atoms with Gasteiger partial charge in [-0.25, -0.2) is 14.4 Å². The van der Waals surface area contributed by atoms with Gasteiger partial charge in [-0.2, -0.15) is 0 Å². The Morgan fingerprint density at radius 1 is 1.30 bits per heavy atom. The minimum atomic E-state index is -0.243. The Labute approximate surface area is 160 Å². The van der Waals surface area contributed by atoms with Crippen molar-refractivity contribution < 1.29 is 9.13 Å². The van der Waals surface area contributed by atoms with Gasteiger partial charge in [0.1, 0.15) is 11.6 Å². The molecule has 27 heavy (non-hydrogen) atoms. The number of allylic oxidation sites excluding steroid dienone is 2. The van der Waals surface area contributed by atoms with Gasteiger partial charge < -0.3 is 9.64 Å². The Balaban J connectivity index is 2.23. The predicted octanol–water partition coefficient (Wildman–Crippen LogP) is 5.23. The van der Waals surface area contributed by atoms with E-state index in [1.54, 1.807) is 30.7 Å². The van der Waals surface area contributed by atoms with Crippen molar-refractivity contribution in [1.82, 2.24) is 9.88 Å². The number of aliphatic imine (C=N–C) groups is 1. The van der Waals surface area contributed by atoms with Crippen LogP contribution in [0.4, 0.5) is 4.39 Å². The molecule has 2 rings (SSSR count). The van der Waals surface area contributed by atoms with Crippen LogP contribution in [0.3, 0.4) is 0 Å². The van der Waals surface area contributed by atoms with Gasteiger partial charge in [-0.15, -0.1) is 0 Å². The Kier molecular flexibility index (Phi) is 7.74. The lowest BCUT2D eigenvalue weighted by atomic mass is 9.99. The molecule has 0 aliphatic heterocycles. The first-order valence-electron chi connectivity index (χ1n) is 9.05. The summed E-state index contributed by atoms with van der Waals surface area (Å²) in [5.74, 6) is 0.996. The number of pyridine rings is 1. The normalized spacial score (nSPS) is 11.6. The molecule has 0 unspecified atom stereocenters. The summed E-state index contributed by atoms with van der Waals surface area (Å²) < 4.78 is 19.3. The highest BCUT2D eigenvalue weighted by Gasteiger charge is 2.11. The number of halogens is 1. The molecule has 0 radical (unpaired) electrons. The minimum Gasteiger partial charge on any atom is -0.446 e. The van der Waals surface area contributed by atoms with Gasteiger partial charge in [-0.3, -0.25) is 0 Å². The number of aryl methyl sites for hydroxylation is 1. The van der Waals surface area contributed by atoms with Crippen molar-refractivity contribution in [1.29, 1.82) is 0 Å². The van der Waals surface area contributed by atoms with Crippen LogP contribution in [-0.4, -0.2) is 30.2 Å². The van der Waals surface area contributed by atoms with Gasteiger partial charge in [0.25, 0.3) is 0 Å². The third-order valence-corrected chi connectivity index (χ3v) is 4.13. The van der Waals surface area contributed by atoms with E-state index in [9.17, 15) is 4.39 Å². The number of rotatable bonds is 9. The van der Waals surface area contributed by atoms with Crippen molar-refractivity contribution in [3.8, 4) is 17.0 Å². The number of hydrogen-bond donors (Lipinski definition) is 0. The molecule has 0 spiro atoms. The summed E-state index contributed by atoms with van der Waals surface area (Å²) in [5, 5.41) is 0. The van der Waals surface area contributed by atoms with Crippen molar-refractivity contribution >= 4 is 6.72 Å². The molecule has 0 aliphatic carbocycles. The highest BCUT2D eigenvalue weighted by Crippen LogP contribution is 2.31. The molecule has 0 aliphatic rings. The third kappa shape index (κ3) is 5.51. The van der Waals surface area contributed by atoms with Gasteiger partial charge in [-0.1, -0.05) is 19.9 Å². The zero-order chi connectivity index (χ0) is 19.6. The lowest BCUT2D eigenvalue weighted by molar-refractivity contribution is 0.413. The molecule has 0 amide bonds. The molecule has 1 aromatic heterocycles. The summed E-state index contributed by atoms with van der Waals surface area (Å²) in [5.41, 5.74) is 2.66. The van der Waals surface area contributed by atoms with Crippen LogP contribution in [-0.2, 0) is 6.42 Å². The molecular weight excluding hydrogens is 341 g/mol. The Hall–Kier alpha value is -2.95. The summed E-state index contributed by atoms with van der Waals surface area (Å²) in [6, 6.07) is 8.53. The lowest BCUT2D eigenvalue weighted by Crippen LogP contribution is -2.16. The van der Waals surface area contributed by atoms with Crippen LogP contribution in [0.5, 0.6) is 5.88 Å². The minimum absolute atomic E-state index is 0.243. The molecule has 1 heterocycles. The summed E-state index contributed by atoms with van der Waals surface area (Å²) in [6.07, 6.45) is 8.58. The molecule has 0 saturated carbocycles. The average molecular weight is 367 g/mol. The van der Waals surface area contributed by atoms with E-state index < -0.39 is 0 Å². The Morgan fingerprint density at radius 2 is 2.11 bits per heavy atom. The van der Waals surface area contributed by atoms with Crippen LogP contribution in [0.25, 0.3) is 11.1 Å². The van der Waals surface area contributed by atoms with Crippen molar-refractivity contribution in [2.45, 2.75) is 26.7 Å². The second kappa shape index (κ2) is 10.3. The first-order chi connectivity index (χ1) is 13.1. The number of benzene rings is 1. The van der Waals surface area contributed by atoms with Crippen LogP contribution >= 0.6 is 0 Å². The largest absolute Gasteiger partial charge is 0.446 e. The topological polar surface area (TPSA) is 37.7 Å². The Morgan fingerprint density at radius 3 is 2.81 bits per heavy atom. The van der Waals surface area contributed by atoms with Gasteiger partial charge in [0, 0.05) is 25.4 Å². The first-order valence-corrected chi connectivity index (χ1v) is 9.05. The molecule has 0 bridgehead atoms. The molecule has 0 atom stereocenters. The van der Waals surface area contributed by atoms with E-state index in [-0.39, 0.29) is 5.82 Å². The lowest BCUT2D eigenvalue weighted by Gasteiger charge is -2.17. The smallest absolute Gasteiger partial charge is 0.226 e. The monoisotopic (exact) mass is 367 g/mol. The van der Waals surface area contributed by atoms with Crippen LogP contribution < -0.4 is 4.74 Å². The third-order valence-electron chi connectivity index (χ3n) is 4.13. The molecule has 5 heteroatoms. The van der Waals surface area contributed by atoms with Crippen LogP contribution in [0.1, 0.15) is 25.8 Å². The number of hydrogen-bond acceptors (Lipinski definition) is 4. The molecule has 2 aromatic rings. The predicted molar refractivity (Wildman–Crippen MR) is 109 cm³/mol. The maximum absolute atomic E-state index is 13.5. The summed E-state index contributed by atoms with van der Waals surface area (Å²) in [6.45, 7) is 8.61. The summed E-state index contributed by atoms with van der Waals surface area (Å²) in [4.78, 5) is 10.4. The van der Waals surface area contributed by atoms with Gasteiger partial charge in [0.05, 0.1) is 6.26 Å². The first kappa shape index (κ1) is 20.4. The van der Waals surface area contributed by atoms with Crippen LogP contribution in [0.15, 0.2) is 65.8 Å². The van der Waals surface area contributed by atoms with Crippen LogP contribution in [0, 0.1) is 5.82 Å². The second-order valence-corrected chi connectivity index (χ2v) is 6.06. The molecule has 0 N–H and O–H groups in total. The number of ether oxygens (including phenoxy) is 1. The van der Waals surface area contributed by atoms with Gasteiger partial charge in [0.15, 0.2) is 0 Å². The van der Waals surface area contributed by atoms with E-state index in [0.717, 1.165) is 41.9 Å². The fourth-order valence-corrected chi connectivity index (χ4v) is 2.79. The van der Waals surface area contributed by atoms with Crippen LogP contribution in [0.2, 0.25) is 0 Å². The average Bonchev–Trinajstić information content (AvgIpc) is 2.68. The number of nitrogens with zero attached hydrogens (tertiary/aromatic N) is 3. The van der Waals surface area contributed by atoms with E-state index in [1.165, 1.54) is 6.07 Å². The summed E-state index contributed by atoms with van der Waals surface area (Å²) >= 11 is 0. The van der Waals surface area contributed by atoms with E-state index in [1.807, 2.05) is 37.1 Å². The van der Waals surface area contributed by atoms with Crippen molar-refractivity contribution in [3.05, 3.63) is 72.1 Å². The van der Waals surface area contributed by atoms with E-state index >= 15 is 0 Å². The van der Waals surface area contributed by atoms with E-state index in [4.69, 9.17) is 4.74 Å². The SMILES string of the molecule is C=N/C(=C\C=C\Oc1ncccc1-c1ccc(F)cc1CC)N(C)CCC. The fourth-order valence-electron chi connectivity index (χ4n) is 2.79. The fraction of sp³-hybridized carbons (Fsp3) is 0.273. The second-order valence-electron chi connectivity index (χ2n) is 6.06. The summed E-state index contributed by atoms with van der Waals surface area (Å²) in [7, 11) is 1.97. The van der Waals surface area contributed by atoms with Crippen molar-refractivity contribution in [3.63, 3.8) is 0 Å². The van der Waals surface area contributed by atoms with Crippen molar-refractivity contribution in [2.75, 3.05) is 13.6 Å². The zero-order valence-electron chi connectivity index (χ0n) is 16.2. The van der Waals surface area contributed by atoms with Gasteiger partial charge >= 0.3 is 0 Å². The Bertz CT molecular complexity index is 830. The molecule has 142 valence electrons. The molecule has 1 aromatic carbocycles. The maximum Gasteiger partial charge on any atom is 0.226 e. The molecule has 0 saturated heterocycles. The van der Waals surface area contributed by atoms with Gasteiger partial charge in [-0.05, 0) is 67.1 Å². The molecule has 0 fully saturated rings. The highest BCUT2D eigenvalue weighted by molar-refractivity contribution is 5.71. The maximum atomic E-state index is 13.5.